The van der Waals surface area contributed by atoms with Crippen LogP contribution < -0.4 is 5.46 Å². The van der Waals surface area contributed by atoms with E-state index in [9.17, 15) is 0 Å². The van der Waals surface area contributed by atoms with Crippen LogP contribution in [0.5, 0.6) is 0 Å². The third kappa shape index (κ3) is 3.79. The number of ether oxygens (including phenoxy) is 1. The highest BCUT2D eigenvalue weighted by atomic mass is 35.5. The number of nitrogens with zero attached hydrogens (tertiary/aromatic N) is 1. The lowest BCUT2D eigenvalue weighted by atomic mass is 9.75. The van der Waals surface area contributed by atoms with Crippen LogP contribution in [-0.4, -0.2) is 24.7 Å². The van der Waals surface area contributed by atoms with Crippen molar-refractivity contribution < 1.29 is 9.39 Å². The molecule has 0 N–H and O–H groups in total. The summed E-state index contributed by atoms with van der Waals surface area (Å²) in [5, 5.41) is 0.465. The van der Waals surface area contributed by atoms with Crippen LogP contribution >= 0.6 is 11.6 Å². The molecular formula is C16H24BClNO2. The predicted molar refractivity (Wildman–Crippen MR) is 87.2 cm³/mol. The Morgan fingerprint density at radius 3 is 2.62 bits per heavy atom. The summed E-state index contributed by atoms with van der Waals surface area (Å²) >= 11 is 6.27. The molecule has 2 rings (SSSR count). The maximum atomic E-state index is 6.27. The number of hydrogen-bond acceptors (Lipinski definition) is 3. The maximum Gasteiger partial charge on any atom is 0.334 e. The second kappa shape index (κ2) is 6.27. The first-order valence-electron chi connectivity index (χ1n) is 7.49. The second-order valence-electron chi connectivity index (χ2n) is 7.10. The topological polar surface area (TPSA) is 31.4 Å². The van der Waals surface area contributed by atoms with Gasteiger partial charge in [-0.25, -0.2) is 4.98 Å². The highest BCUT2D eigenvalue weighted by Gasteiger charge is 2.34. The second-order valence-corrected chi connectivity index (χ2v) is 7.46. The average molecular weight is 309 g/mol. The van der Waals surface area contributed by atoms with Gasteiger partial charge in [-0.05, 0) is 49.2 Å². The molecule has 115 valence electrons. The first-order valence-corrected chi connectivity index (χ1v) is 7.87. The smallest absolute Gasteiger partial charge is 0.334 e. The minimum atomic E-state index is -0.306. The summed E-state index contributed by atoms with van der Waals surface area (Å²) in [6.45, 7) is 11.4. The van der Waals surface area contributed by atoms with Crippen molar-refractivity contribution in [2.45, 2.75) is 59.2 Å². The molecule has 1 aliphatic rings. The van der Waals surface area contributed by atoms with E-state index in [2.05, 4.69) is 39.6 Å². The van der Waals surface area contributed by atoms with Crippen molar-refractivity contribution in [3.63, 3.8) is 0 Å². The Kier molecular flexibility index (Phi) is 5.01. The molecule has 3 nitrogen and oxygen atoms in total. The fourth-order valence-electron chi connectivity index (χ4n) is 2.06. The molecule has 1 atom stereocenters. The van der Waals surface area contributed by atoms with E-state index in [0.29, 0.717) is 5.15 Å². The van der Waals surface area contributed by atoms with Gasteiger partial charge in [0.2, 0.25) is 0 Å². The maximum absolute atomic E-state index is 6.27. The minimum Gasteiger partial charge on any atom is -0.429 e. The molecular weight excluding hydrogens is 284 g/mol. The molecule has 0 amide bonds. The monoisotopic (exact) mass is 308 g/mol. The summed E-state index contributed by atoms with van der Waals surface area (Å²) in [5.41, 5.74) is 1.61. The van der Waals surface area contributed by atoms with E-state index in [4.69, 9.17) is 21.0 Å². The van der Waals surface area contributed by atoms with Crippen molar-refractivity contribution in [2.24, 2.45) is 5.41 Å². The van der Waals surface area contributed by atoms with E-state index < -0.39 is 0 Å². The molecule has 1 aliphatic heterocycles. The fraction of sp³-hybridized carbons (Fsp3) is 0.688. The SMILES string of the molecule is CC(C)(C)C(C)(C)O[B]c1c(C2CCCO2)ccnc1Cl. The van der Waals surface area contributed by atoms with Gasteiger partial charge in [-0.15, -0.1) is 0 Å². The molecule has 0 aliphatic carbocycles. The van der Waals surface area contributed by atoms with Crippen LogP contribution in [0.2, 0.25) is 5.15 Å². The molecule has 0 saturated carbocycles. The Hall–Kier alpha value is -0.575. The van der Waals surface area contributed by atoms with E-state index in [1.54, 1.807) is 13.7 Å². The third-order valence-corrected chi connectivity index (χ3v) is 4.83. The lowest BCUT2D eigenvalue weighted by molar-refractivity contribution is 0.00492. The van der Waals surface area contributed by atoms with Crippen LogP contribution in [0.3, 0.4) is 0 Å². The molecule has 5 heteroatoms. The highest BCUT2D eigenvalue weighted by Crippen LogP contribution is 2.33. The van der Waals surface area contributed by atoms with Gasteiger partial charge in [0.1, 0.15) is 5.15 Å². The molecule has 2 heterocycles. The summed E-state index contributed by atoms with van der Waals surface area (Å²) in [6.07, 6.45) is 3.92. The predicted octanol–water partition coefficient (Wildman–Crippen LogP) is 3.67. The van der Waals surface area contributed by atoms with E-state index in [-0.39, 0.29) is 17.1 Å². The molecule has 0 aromatic carbocycles. The van der Waals surface area contributed by atoms with Gasteiger partial charge in [-0.3, -0.25) is 0 Å². The van der Waals surface area contributed by atoms with Crippen LogP contribution in [0.25, 0.3) is 0 Å². The van der Waals surface area contributed by atoms with E-state index in [1.165, 1.54) is 0 Å². The number of halogens is 1. The van der Waals surface area contributed by atoms with E-state index >= 15 is 0 Å². The zero-order valence-electron chi connectivity index (χ0n) is 13.6. The van der Waals surface area contributed by atoms with E-state index in [1.807, 2.05) is 6.07 Å². The Labute approximate surface area is 133 Å². The zero-order valence-corrected chi connectivity index (χ0v) is 14.3. The van der Waals surface area contributed by atoms with Crippen LogP contribution in [0.1, 0.15) is 59.1 Å². The van der Waals surface area contributed by atoms with Crippen molar-refractivity contribution in [1.29, 1.82) is 0 Å². The molecule has 1 aromatic rings. The lowest BCUT2D eigenvalue weighted by Gasteiger charge is -2.39. The van der Waals surface area contributed by atoms with Gasteiger partial charge >= 0.3 is 7.48 Å². The summed E-state index contributed by atoms with van der Waals surface area (Å²) in [7, 11) is 1.75. The van der Waals surface area contributed by atoms with Crippen LogP contribution in [0, 0.1) is 5.41 Å². The number of aromatic nitrogens is 1. The number of pyridine rings is 1. The Morgan fingerprint density at radius 2 is 2.05 bits per heavy atom. The first kappa shape index (κ1) is 16.8. The Morgan fingerprint density at radius 1 is 1.33 bits per heavy atom. The summed E-state index contributed by atoms with van der Waals surface area (Å²) in [6, 6.07) is 1.97. The summed E-state index contributed by atoms with van der Waals surface area (Å²) in [4.78, 5) is 4.17. The van der Waals surface area contributed by atoms with Crippen molar-refractivity contribution in [3.05, 3.63) is 23.0 Å². The van der Waals surface area contributed by atoms with Crippen LogP contribution in [0.15, 0.2) is 12.3 Å². The number of hydrogen-bond donors (Lipinski definition) is 0. The average Bonchev–Trinajstić information content (AvgIpc) is 2.89. The van der Waals surface area contributed by atoms with Crippen molar-refractivity contribution in [1.82, 2.24) is 4.98 Å². The molecule has 1 unspecified atom stereocenters. The van der Waals surface area contributed by atoms with Crippen molar-refractivity contribution in [3.8, 4) is 0 Å². The highest BCUT2D eigenvalue weighted by molar-refractivity contribution is 6.53. The van der Waals surface area contributed by atoms with Gasteiger partial charge in [0.25, 0.3) is 0 Å². The normalized spacial score (nSPS) is 19.8. The molecule has 1 fully saturated rings. The molecule has 1 saturated heterocycles. The molecule has 0 bridgehead atoms. The Balaban J connectivity index is 2.19. The fourth-order valence-corrected chi connectivity index (χ4v) is 2.27. The molecule has 0 spiro atoms. The third-order valence-electron chi connectivity index (χ3n) is 4.53. The van der Waals surface area contributed by atoms with Gasteiger partial charge in [0.05, 0.1) is 11.7 Å². The molecule has 21 heavy (non-hydrogen) atoms. The van der Waals surface area contributed by atoms with E-state index in [0.717, 1.165) is 30.5 Å². The number of rotatable bonds is 4. The van der Waals surface area contributed by atoms with Crippen molar-refractivity contribution >= 4 is 24.5 Å². The lowest BCUT2D eigenvalue weighted by Crippen LogP contribution is -2.43. The van der Waals surface area contributed by atoms with Gasteiger partial charge in [0, 0.05) is 12.8 Å². The van der Waals surface area contributed by atoms with Gasteiger partial charge < -0.3 is 9.39 Å². The summed E-state index contributed by atoms with van der Waals surface area (Å²) < 4.78 is 11.8. The van der Waals surface area contributed by atoms with Crippen LogP contribution in [0.4, 0.5) is 0 Å². The quantitative estimate of drug-likeness (QED) is 0.628. The summed E-state index contributed by atoms with van der Waals surface area (Å²) in [5.74, 6) is 0. The van der Waals surface area contributed by atoms with Gasteiger partial charge in [-0.2, -0.15) is 0 Å². The standard InChI is InChI=1S/C16H24BClNO2/c1-15(2,3)16(4,5)21-17-13-11(8-9-19-14(13)18)12-7-6-10-20-12/h8-9,12H,6-7,10H2,1-5H3. The van der Waals surface area contributed by atoms with Gasteiger partial charge in [0.15, 0.2) is 0 Å². The largest absolute Gasteiger partial charge is 0.429 e. The Bertz CT molecular complexity index is 494. The molecule has 1 aromatic heterocycles. The van der Waals surface area contributed by atoms with Gasteiger partial charge in [-0.1, -0.05) is 32.4 Å². The molecule has 1 radical (unpaired) electrons. The minimum absolute atomic E-state index is 0.0161. The van der Waals surface area contributed by atoms with Crippen LogP contribution in [-0.2, 0) is 9.39 Å². The zero-order chi connectivity index (χ0) is 15.7. The van der Waals surface area contributed by atoms with Crippen molar-refractivity contribution in [2.75, 3.05) is 6.61 Å². The first-order chi connectivity index (χ1) is 9.72.